The molecule has 1 unspecified atom stereocenters. The molecular formula is C12H15IN2O. The molecule has 0 saturated heterocycles. The predicted octanol–water partition coefficient (Wildman–Crippen LogP) is 3.31. The summed E-state index contributed by atoms with van der Waals surface area (Å²) in [5.74, 6) is 0.695. The topological polar surface area (TPSA) is 59.0 Å². The Labute approximate surface area is 110 Å². The van der Waals surface area contributed by atoms with Crippen molar-refractivity contribution in [3.05, 3.63) is 21.3 Å². The Bertz CT molecular complexity index is 389. The minimum atomic E-state index is 0.147. The number of nitrogens with zero attached hydrogens (tertiary/aromatic N) is 1. The third-order valence-corrected chi connectivity index (χ3v) is 3.02. The van der Waals surface area contributed by atoms with Crippen LogP contribution in [0.1, 0.15) is 32.3 Å². The minimum absolute atomic E-state index is 0.147. The molecule has 0 saturated carbocycles. The lowest BCUT2D eigenvalue weighted by atomic mass is 10.2. The number of nitriles is 1. The fourth-order valence-corrected chi connectivity index (χ4v) is 2.24. The zero-order chi connectivity index (χ0) is 12.1. The van der Waals surface area contributed by atoms with E-state index in [2.05, 4.69) is 35.6 Å². The Balaban J connectivity index is 2.93. The van der Waals surface area contributed by atoms with E-state index in [0.717, 1.165) is 16.4 Å². The average Bonchev–Trinajstić information content (AvgIpc) is 2.23. The molecule has 1 rings (SSSR count). The highest BCUT2D eigenvalue weighted by Gasteiger charge is 2.11. The Morgan fingerprint density at radius 1 is 1.56 bits per heavy atom. The molecule has 0 aliphatic heterocycles. The fourth-order valence-electron chi connectivity index (χ4n) is 1.47. The molecule has 4 heteroatoms. The van der Waals surface area contributed by atoms with Gasteiger partial charge in [0.1, 0.15) is 0 Å². The molecule has 0 aromatic heterocycles. The van der Waals surface area contributed by atoms with E-state index in [-0.39, 0.29) is 6.10 Å². The standard InChI is InChI=1S/C12H15IN2O/c1-3-4-8(2)16-12-10(13)5-9(7-14)6-11(12)15/h5-6,8H,3-4,15H2,1-2H3. The number of halogens is 1. The van der Waals surface area contributed by atoms with Gasteiger partial charge in [0, 0.05) is 0 Å². The van der Waals surface area contributed by atoms with Gasteiger partial charge >= 0.3 is 0 Å². The van der Waals surface area contributed by atoms with E-state index in [1.54, 1.807) is 12.1 Å². The van der Waals surface area contributed by atoms with E-state index < -0.39 is 0 Å². The van der Waals surface area contributed by atoms with Crippen molar-refractivity contribution in [3.63, 3.8) is 0 Å². The Hall–Kier alpha value is -0.960. The lowest BCUT2D eigenvalue weighted by Crippen LogP contribution is -2.13. The van der Waals surface area contributed by atoms with Crippen molar-refractivity contribution in [3.8, 4) is 11.8 Å². The van der Waals surface area contributed by atoms with Crippen molar-refractivity contribution >= 4 is 28.3 Å². The molecule has 0 fully saturated rings. The van der Waals surface area contributed by atoms with Crippen LogP contribution in [-0.4, -0.2) is 6.10 Å². The second kappa shape index (κ2) is 5.94. The number of nitrogens with two attached hydrogens (primary N) is 1. The molecular weight excluding hydrogens is 315 g/mol. The fraction of sp³-hybridized carbons (Fsp3) is 0.417. The van der Waals surface area contributed by atoms with Crippen molar-refractivity contribution in [1.29, 1.82) is 5.26 Å². The normalized spacial score (nSPS) is 11.9. The molecule has 0 aliphatic carbocycles. The van der Waals surface area contributed by atoms with E-state index >= 15 is 0 Å². The molecule has 0 bridgehead atoms. The molecule has 86 valence electrons. The summed E-state index contributed by atoms with van der Waals surface area (Å²) in [7, 11) is 0. The first kappa shape index (κ1) is 13.1. The Morgan fingerprint density at radius 2 is 2.25 bits per heavy atom. The Kier molecular flexibility index (Phi) is 4.87. The van der Waals surface area contributed by atoms with E-state index in [1.807, 2.05) is 6.92 Å². The second-order valence-electron chi connectivity index (χ2n) is 3.71. The van der Waals surface area contributed by atoms with Crippen molar-refractivity contribution in [1.82, 2.24) is 0 Å². The van der Waals surface area contributed by atoms with Crippen LogP contribution < -0.4 is 10.5 Å². The lowest BCUT2D eigenvalue weighted by Gasteiger charge is -2.17. The van der Waals surface area contributed by atoms with Crippen LogP contribution >= 0.6 is 22.6 Å². The smallest absolute Gasteiger partial charge is 0.155 e. The first-order chi connectivity index (χ1) is 7.58. The highest BCUT2D eigenvalue weighted by molar-refractivity contribution is 14.1. The molecule has 0 heterocycles. The second-order valence-corrected chi connectivity index (χ2v) is 4.87. The van der Waals surface area contributed by atoms with Gasteiger partial charge in [-0.15, -0.1) is 0 Å². The first-order valence-electron chi connectivity index (χ1n) is 5.24. The van der Waals surface area contributed by atoms with Crippen LogP contribution in [0.25, 0.3) is 0 Å². The maximum absolute atomic E-state index is 8.79. The van der Waals surface area contributed by atoms with E-state index in [0.29, 0.717) is 17.0 Å². The van der Waals surface area contributed by atoms with Crippen LogP contribution in [0.15, 0.2) is 12.1 Å². The zero-order valence-electron chi connectivity index (χ0n) is 9.46. The van der Waals surface area contributed by atoms with Gasteiger partial charge in [-0.2, -0.15) is 5.26 Å². The molecule has 2 N–H and O–H groups in total. The van der Waals surface area contributed by atoms with Crippen LogP contribution in [0.4, 0.5) is 5.69 Å². The van der Waals surface area contributed by atoms with Crippen LogP contribution in [0, 0.1) is 14.9 Å². The summed E-state index contributed by atoms with van der Waals surface area (Å²) < 4.78 is 6.66. The molecule has 1 atom stereocenters. The molecule has 3 nitrogen and oxygen atoms in total. The summed E-state index contributed by atoms with van der Waals surface area (Å²) in [4.78, 5) is 0. The number of rotatable bonds is 4. The van der Waals surface area contributed by atoms with Gasteiger partial charge in [0.25, 0.3) is 0 Å². The van der Waals surface area contributed by atoms with Crippen LogP contribution in [-0.2, 0) is 0 Å². The van der Waals surface area contributed by atoms with E-state index in [1.165, 1.54) is 0 Å². The molecule has 0 radical (unpaired) electrons. The number of hydrogen-bond acceptors (Lipinski definition) is 3. The quantitative estimate of drug-likeness (QED) is 0.681. The van der Waals surface area contributed by atoms with Crippen LogP contribution in [0.2, 0.25) is 0 Å². The number of ether oxygens (including phenoxy) is 1. The SMILES string of the molecule is CCCC(C)Oc1c(N)cc(C#N)cc1I. The zero-order valence-corrected chi connectivity index (χ0v) is 11.6. The highest BCUT2D eigenvalue weighted by Crippen LogP contribution is 2.30. The summed E-state index contributed by atoms with van der Waals surface area (Å²) in [6.07, 6.45) is 2.22. The number of nitrogen functional groups attached to an aromatic ring is 1. The van der Waals surface area contributed by atoms with Gasteiger partial charge in [0.05, 0.1) is 27.0 Å². The van der Waals surface area contributed by atoms with Gasteiger partial charge in [-0.1, -0.05) is 13.3 Å². The van der Waals surface area contributed by atoms with Gasteiger partial charge in [-0.3, -0.25) is 0 Å². The van der Waals surface area contributed by atoms with Crippen LogP contribution in [0.3, 0.4) is 0 Å². The highest BCUT2D eigenvalue weighted by atomic mass is 127. The van der Waals surface area contributed by atoms with Crippen molar-refractivity contribution in [2.45, 2.75) is 32.8 Å². The van der Waals surface area contributed by atoms with Crippen molar-refractivity contribution in [2.75, 3.05) is 5.73 Å². The molecule has 16 heavy (non-hydrogen) atoms. The monoisotopic (exact) mass is 330 g/mol. The van der Waals surface area contributed by atoms with Gasteiger partial charge in [0.2, 0.25) is 0 Å². The Morgan fingerprint density at radius 3 is 2.75 bits per heavy atom. The lowest BCUT2D eigenvalue weighted by molar-refractivity contribution is 0.209. The summed E-state index contributed by atoms with van der Waals surface area (Å²) in [6, 6.07) is 5.51. The maximum Gasteiger partial charge on any atom is 0.155 e. The summed E-state index contributed by atoms with van der Waals surface area (Å²) in [6.45, 7) is 4.14. The first-order valence-corrected chi connectivity index (χ1v) is 6.32. The molecule has 0 aliphatic rings. The summed E-state index contributed by atoms with van der Waals surface area (Å²) in [5.41, 5.74) is 6.96. The molecule has 1 aromatic carbocycles. The largest absolute Gasteiger partial charge is 0.487 e. The van der Waals surface area contributed by atoms with Gasteiger partial charge in [0.15, 0.2) is 5.75 Å². The van der Waals surface area contributed by atoms with Gasteiger partial charge in [-0.25, -0.2) is 0 Å². The van der Waals surface area contributed by atoms with Crippen molar-refractivity contribution < 1.29 is 4.74 Å². The number of anilines is 1. The number of hydrogen-bond donors (Lipinski definition) is 1. The molecule has 1 aromatic rings. The maximum atomic E-state index is 8.79. The third kappa shape index (κ3) is 3.27. The average molecular weight is 330 g/mol. The summed E-state index contributed by atoms with van der Waals surface area (Å²) >= 11 is 2.14. The molecule has 0 amide bonds. The van der Waals surface area contributed by atoms with E-state index in [4.69, 9.17) is 15.7 Å². The van der Waals surface area contributed by atoms with Gasteiger partial charge < -0.3 is 10.5 Å². The minimum Gasteiger partial charge on any atom is -0.487 e. The number of benzene rings is 1. The molecule has 0 spiro atoms. The van der Waals surface area contributed by atoms with Gasteiger partial charge in [-0.05, 0) is 48.1 Å². The van der Waals surface area contributed by atoms with Crippen LogP contribution in [0.5, 0.6) is 5.75 Å². The third-order valence-electron chi connectivity index (χ3n) is 2.22. The summed E-state index contributed by atoms with van der Waals surface area (Å²) in [5, 5.41) is 8.79. The van der Waals surface area contributed by atoms with E-state index in [9.17, 15) is 0 Å². The van der Waals surface area contributed by atoms with Crippen molar-refractivity contribution in [2.24, 2.45) is 0 Å². The predicted molar refractivity (Wildman–Crippen MR) is 73.3 cm³/mol.